The average Bonchev–Trinajstić information content (AvgIpc) is 1.02. The summed E-state index contributed by atoms with van der Waals surface area (Å²) < 4.78 is 5.20. The molecule has 15 rings (SSSR count). The first-order valence-corrected chi connectivity index (χ1v) is 32.9. The zero-order chi connectivity index (χ0) is 63.4. The molecule has 0 unspecified atom stereocenters. The quantitative estimate of drug-likeness (QED) is 0.154. The van der Waals surface area contributed by atoms with E-state index in [2.05, 4.69) is 353 Å². The molecular formula is C86H83BN4. The van der Waals surface area contributed by atoms with Gasteiger partial charge < -0.3 is 18.9 Å². The minimum absolute atomic E-state index is 0.0667. The lowest BCUT2D eigenvalue weighted by molar-refractivity contribution is 0.590. The predicted molar refractivity (Wildman–Crippen MR) is 394 cm³/mol. The fourth-order valence-corrected chi connectivity index (χ4v) is 14.7. The molecule has 11 aromatic carbocycles. The number of benzene rings is 11. The van der Waals surface area contributed by atoms with E-state index >= 15 is 0 Å². The highest BCUT2D eigenvalue weighted by Gasteiger charge is 2.46. The van der Waals surface area contributed by atoms with Gasteiger partial charge in [0.25, 0.3) is 6.71 Å². The van der Waals surface area contributed by atoms with Crippen molar-refractivity contribution in [1.29, 1.82) is 0 Å². The summed E-state index contributed by atoms with van der Waals surface area (Å²) in [5.41, 5.74) is 28.6. The van der Waals surface area contributed by atoms with E-state index in [1.807, 2.05) is 0 Å². The van der Waals surface area contributed by atoms with E-state index in [1.165, 1.54) is 133 Å². The summed E-state index contributed by atoms with van der Waals surface area (Å²) >= 11 is 0. The van der Waals surface area contributed by atoms with Crippen molar-refractivity contribution in [2.45, 2.75) is 131 Å². The first-order valence-electron chi connectivity index (χ1n) is 32.9. The lowest BCUT2D eigenvalue weighted by Gasteiger charge is -2.46. The molecule has 91 heavy (non-hydrogen) atoms. The molecule has 0 radical (unpaired) electrons. The standard InChI is InChI=1S/C86H83BN4/c1-82(2,3)58-36-40-63-64-41-37-59(83(4,5)6)49-76(64)90(75(63)48-58)73-32-24-22-30-71(73)88-69-44-34-56(54-26-18-16-19-27-54)46-67(69)87-68-47-57(55-28-20-17-21-29-55)35-45-70(68)89(80-53-62(86(13,14)15)52-79(88)81(80)87)72-31-23-25-33-74(72)91-77-50-60(84(7,8)9)38-42-65(77)66-43-39-61(51-78(66)91)85(10,11)12/h16-53H,1-15H3. The van der Waals surface area contributed by atoms with E-state index in [4.69, 9.17) is 0 Å². The summed E-state index contributed by atoms with van der Waals surface area (Å²) in [5, 5.41) is 5.02. The van der Waals surface area contributed by atoms with Crippen LogP contribution in [0.25, 0.3) is 77.2 Å². The normalized spacial score (nSPS) is 13.6. The van der Waals surface area contributed by atoms with Gasteiger partial charge in [0.15, 0.2) is 0 Å². The SMILES string of the molecule is CC(C)(C)c1cc2c3c(c1)N(c1ccccc1-n1c4cc(C(C)(C)C)ccc4c4ccc(C(C)(C)C)cc41)c1ccc(-c4ccccc4)cc1B3c1cc(-c3ccccc3)ccc1N2c1ccccc1-n1c2cc(C(C)(C)C)ccc2c2ccc(C(C)(C)C)cc21. The molecule has 0 saturated heterocycles. The van der Waals surface area contributed by atoms with Crippen molar-refractivity contribution in [1.82, 2.24) is 9.13 Å². The van der Waals surface area contributed by atoms with E-state index in [0.717, 1.165) is 22.7 Å². The number of aromatic nitrogens is 2. The molecule has 0 aliphatic carbocycles. The number of para-hydroxylation sites is 4. The zero-order valence-corrected chi connectivity index (χ0v) is 55.8. The highest BCUT2D eigenvalue weighted by atomic mass is 15.2. The van der Waals surface area contributed by atoms with Gasteiger partial charge in [0.05, 0.1) is 44.8 Å². The Labute approximate surface area is 539 Å². The molecule has 4 nitrogen and oxygen atoms in total. The van der Waals surface area contributed by atoms with Crippen molar-refractivity contribution in [2.24, 2.45) is 0 Å². The molecule has 4 heterocycles. The Morgan fingerprint density at radius 2 is 0.527 bits per heavy atom. The smallest absolute Gasteiger partial charge is 0.252 e. The summed E-state index contributed by atoms with van der Waals surface area (Å²) in [7, 11) is 0. The van der Waals surface area contributed by atoms with Crippen LogP contribution in [0.15, 0.2) is 231 Å². The maximum Gasteiger partial charge on any atom is 0.252 e. The van der Waals surface area contributed by atoms with Gasteiger partial charge in [0.2, 0.25) is 0 Å². The van der Waals surface area contributed by atoms with Crippen LogP contribution in [0.5, 0.6) is 0 Å². The number of anilines is 6. The Bertz CT molecular complexity index is 4630. The second-order valence-corrected chi connectivity index (χ2v) is 31.1. The molecular weight excluding hydrogens is 1100 g/mol. The summed E-state index contributed by atoms with van der Waals surface area (Å²) in [5.74, 6) is 0. The van der Waals surface area contributed by atoms with Gasteiger partial charge in [-0.05, 0) is 166 Å². The first-order chi connectivity index (χ1) is 43.3. The van der Waals surface area contributed by atoms with Crippen molar-refractivity contribution in [3.63, 3.8) is 0 Å². The van der Waals surface area contributed by atoms with Crippen LogP contribution in [-0.2, 0) is 27.1 Å². The lowest BCUT2D eigenvalue weighted by Crippen LogP contribution is -2.61. The van der Waals surface area contributed by atoms with Crippen LogP contribution in [0.1, 0.15) is 132 Å². The first kappa shape index (κ1) is 58.1. The second kappa shape index (κ2) is 20.6. The van der Waals surface area contributed by atoms with Gasteiger partial charge in [0.1, 0.15) is 0 Å². The minimum Gasteiger partial charge on any atom is -0.309 e. The highest BCUT2D eigenvalue weighted by Crippen LogP contribution is 2.51. The summed E-state index contributed by atoms with van der Waals surface area (Å²) in [6.45, 7) is 35.0. The van der Waals surface area contributed by atoms with Gasteiger partial charge in [-0.1, -0.05) is 262 Å². The van der Waals surface area contributed by atoms with Crippen LogP contribution in [0.2, 0.25) is 0 Å². The van der Waals surface area contributed by atoms with Gasteiger partial charge >= 0.3 is 0 Å². The third-order valence-electron chi connectivity index (χ3n) is 19.9. The monoisotopic (exact) mass is 1180 g/mol. The zero-order valence-electron chi connectivity index (χ0n) is 55.8. The highest BCUT2D eigenvalue weighted by molar-refractivity contribution is 7.00. The predicted octanol–water partition coefficient (Wildman–Crippen LogP) is 21.8. The Balaban J connectivity index is 1.08. The van der Waals surface area contributed by atoms with E-state index in [9.17, 15) is 0 Å². The van der Waals surface area contributed by atoms with Crippen molar-refractivity contribution < 1.29 is 0 Å². The largest absolute Gasteiger partial charge is 0.309 e. The lowest BCUT2D eigenvalue weighted by atomic mass is 9.33. The molecule has 2 aromatic heterocycles. The molecule has 0 amide bonds. The third kappa shape index (κ3) is 9.55. The molecule has 450 valence electrons. The van der Waals surface area contributed by atoms with E-state index in [0.29, 0.717) is 0 Å². The van der Waals surface area contributed by atoms with Gasteiger partial charge in [-0.2, -0.15) is 0 Å². The van der Waals surface area contributed by atoms with Crippen LogP contribution < -0.4 is 26.2 Å². The second-order valence-electron chi connectivity index (χ2n) is 31.1. The topological polar surface area (TPSA) is 16.3 Å². The number of rotatable bonds is 6. The van der Waals surface area contributed by atoms with E-state index in [1.54, 1.807) is 0 Å². The van der Waals surface area contributed by atoms with Crippen LogP contribution in [0.4, 0.5) is 34.1 Å². The van der Waals surface area contributed by atoms with E-state index < -0.39 is 0 Å². The number of fused-ring (bicyclic) bond motifs is 10. The molecule has 2 aliphatic heterocycles. The number of hydrogen-bond acceptors (Lipinski definition) is 2. The Morgan fingerprint density at radius 3 is 0.835 bits per heavy atom. The van der Waals surface area contributed by atoms with Crippen molar-refractivity contribution in [3.05, 3.63) is 258 Å². The average molecular weight is 1180 g/mol. The molecule has 0 fully saturated rings. The van der Waals surface area contributed by atoms with Gasteiger partial charge in [-0.15, -0.1) is 0 Å². The van der Waals surface area contributed by atoms with Crippen LogP contribution in [-0.4, -0.2) is 15.8 Å². The van der Waals surface area contributed by atoms with Gasteiger partial charge in [0, 0.05) is 44.3 Å². The van der Waals surface area contributed by atoms with E-state index in [-0.39, 0.29) is 33.8 Å². The molecule has 0 spiro atoms. The molecule has 0 atom stereocenters. The molecule has 13 aromatic rings. The Hall–Kier alpha value is -9.32. The van der Waals surface area contributed by atoms with Crippen LogP contribution in [0.3, 0.4) is 0 Å². The maximum atomic E-state index is 2.66. The fourth-order valence-electron chi connectivity index (χ4n) is 14.7. The van der Waals surface area contributed by atoms with Crippen molar-refractivity contribution in [3.8, 4) is 33.6 Å². The number of nitrogens with zero attached hydrogens (tertiary/aromatic N) is 4. The molecule has 0 bridgehead atoms. The van der Waals surface area contributed by atoms with Gasteiger partial charge in [-0.25, -0.2) is 0 Å². The summed E-state index contributed by atoms with van der Waals surface area (Å²) in [4.78, 5) is 5.32. The Morgan fingerprint density at radius 1 is 0.231 bits per heavy atom. The molecule has 5 heteroatoms. The molecule has 0 saturated carbocycles. The maximum absolute atomic E-state index is 2.66. The van der Waals surface area contributed by atoms with Crippen LogP contribution >= 0.6 is 0 Å². The fraction of sp³-hybridized carbons (Fsp3) is 0.233. The van der Waals surface area contributed by atoms with Crippen LogP contribution in [0, 0.1) is 0 Å². The molecule has 2 aliphatic rings. The van der Waals surface area contributed by atoms with Crippen molar-refractivity contribution >= 4 is 101 Å². The third-order valence-corrected chi connectivity index (χ3v) is 19.9. The van der Waals surface area contributed by atoms with Gasteiger partial charge in [-0.3, -0.25) is 0 Å². The number of hydrogen-bond donors (Lipinski definition) is 0. The Kier molecular flexibility index (Phi) is 13.2. The van der Waals surface area contributed by atoms with Crippen molar-refractivity contribution in [2.75, 3.05) is 9.80 Å². The summed E-state index contributed by atoms with van der Waals surface area (Å²) in [6, 6.07) is 89.1. The minimum atomic E-state index is -0.245. The molecule has 0 N–H and O–H groups in total. The summed E-state index contributed by atoms with van der Waals surface area (Å²) in [6.07, 6.45) is 0.